The third-order valence-electron chi connectivity index (χ3n) is 11.0. The van der Waals surface area contributed by atoms with Crippen molar-refractivity contribution in [3.05, 3.63) is 90.0 Å². The summed E-state index contributed by atoms with van der Waals surface area (Å²) in [7, 11) is 0. The molecule has 2 aliphatic heterocycles. The van der Waals surface area contributed by atoms with E-state index in [4.69, 9.17) is 4.74 Å². The lowest BCUT2D eigenvalue weighted by atomic mass is 9.83. The first kappa shape index (κ1) is 44.8. The number of carbonyl (C=O) groups is 2. The van der Waals surface area contributed by atoms with E-state index in [0.717, 1.165) is 37.0 Å². The molecule has 8 nitrogen and oxygen atoms in total. The van der Waals surface area contributed by atoms with Gasteiger partial charge in [0.1, 0.15) is 5.75 Å². The fraction of sp³-hybridized carbons (Fsp3) is 0.609. The van der Waals surface area contributed by atoms with Crippen LogP contribution < -0.4 is 10.1 Å². The molecule has 8 heteroatoms. The van der Waals surface area contributed by atoms with Gasteiger partial charge >= 0.3 is 5.97 Å². The number of nitrogens with one attached hydrogen (secondary N) is 1. The van der Waals surface area contributed by atoms with E-state index < -0.39 is 0 Å². The number of hydrogen-bond donors (Lipinski definition) is 1. The number of ether oxygens (including phenoxy) is 1. The predicted octanol–water partition coefficient (Wildman–Crippen LogP) is 9.74. The summed E-state index contributed by atoms with van der Waals surface area (Å²) in [5.41, 5.74) is 3.72. The molecule has 2 atom stereocenters. The molecular weight excluding hydrogens is 671 g/mol. The molecule has 1 aromatic carbocycles. The van der Waals surface area contributed by atoms with Crippen molar-refractivity contribution in [3.63, 3.8) is 0 Å². The molecule has 4 fully saturated rings. The second-order valence-corrected chi connectivity index (χ2v) is 15.0. The highest BCUT2D eigenvalue weighted by Gasteiger charge is 2.32. The molecule has 3 aromatic rings. The highest BCUT2D eigenvalue weighted by atomic mass is 16.5. The Morgan fingerprint density at radius 1 is 0.648 bits per heavy atom. The summed E-state index contributed by atoms with van der Waals surface area (Å²) in [6, 6.07) is 21.8. The summed E-state index contributed by atoms with van der Waals surface area (Å²) in [4.78, 5) is 36.0. The van der Waals surface area contributed by atoms with Crippen LogP contribution in [0.4, 0.5) is 0 Å². The van der Waals surface area contributed by atoms with Crippen LogP contribution in [-0.2, 0) is 9.59 Å². The average molecular weight is 742 g/mol. The Balaban J connectivity index is 0.000000217. The van der Waals surface area contributed by atoms with Crippen molar-refractivity contribution in [2.24, 2.45) is 5.92 Å². The molecule has 2 saturated heterocycles. The van der Waals surface area contributed by atoms with Crippen molar-refractivity contribution in [1.82, 2.24) is 25.1 Å². The molecule has 2 aliphatic carbocycles. The Morgan fingerprint density at radius 2 is 1.13 bits per heavy atom. The number of amides is 1. The molecule has 298 valence electrons. The number of pyridine rings is 2. The molecule has 4 aliphatic rings. The SMILES string of the molecule is CC.CC.CC(=O)N[C@@H]1CCN(C2CCC(c3ccccn3)CC2)C1.CC(=O)Oc1ccc(C)cc1.C[C@@H]1CCN(C2CCC(c3ccccn3)CC2)C1. The van der Waals surface area contributed by atoms with Gasteiger partial charge in [-0.15, -0.1) is 0 Å². The number of carbonyl (C=O) groups excluding carboxylic acids is 2. The highest BCUT2D eigenvalue weighted by Crippen LogP contribution is 2.36. The topological polar surface area (TPSA) is 87.7 Å². The standard InChI is InChI=1S/C17H25N3O.C16H24N2.C9H10O2.2C2H6/c1-13(21)19-15-9-11-20(12-15)16-7-5-14(6-8-16)17-4-2-3-10-18-17;1-13-9-11-18(12-13)15-7-5-14(6-8-15)16-4-2-3-10-17-16;1-7-3-5-9(6-4-7)11-8(2)10;2*1-2/h2-4,10,14-16H,5-9,11-12H2,1H3,(H,19,21);2-4,10,13-15H,5-9,11-12H2,1H3;3-6H,1-2H3;2*1-2H3/t14?,15-,16?;13-,14?,15?;;;/m11.../s1. The quantitative estimate of drug-likeness (QED) is 0.199. The van der Waals surface area contributed by atoms with Crippen molar-refractivity contribution in [1.29, 1.82) is 0 Å². The number of aryl methyl sites for hydroxylation is 1. The van der Waals surface area contributed by atoms with Gasteiger partial charge < -0.3 is 15.0 Å². The van der Waals surface area contributed by atoms with E-state index in [2.05, 4.69) is 56.3 Å². The molecule has 1 N–H and O–H groups in total. The second kappa shape index (κ2) is 24.7. The van der Waals surface area contributed by atoms with Crippen molar-refractivity contribution < 1.29 is 14.3 Å². The summed E-state index contributed by atoms with van der Waals surface area (Å²) >= 11 is 0. The first-order valence-electron chi connectivity index (χ1n) is 21.1. The number of hydrogen-bond acceptors (Lipinski definition) is 7. The van der Waals surface area contributed by atoms with Crippen LogP contribution in [0.1, 0.15) is 141 Å². The monoisotopic (exact) mass is 742 g/mol. The molecule has 0 radical (unpaired) electrons. The molecule has 2 saturated carbocycles. The molecule has 0 bridgehead atoms. The first-order valence-corrected chi connectivity index (χ1v) is 21.1. The number of nitrogens with zero attached hydrogens (tertiary/aromatic N) is 4. The molecule has 54 heavy (non-hydrogen) atoms. The fourth-order valence-electron chi connectivity index (χ4n) is 8.31. The van der Waals surface area contributed by atoms with E-state index in [1.54, 1.807) is 19.1 Å². The van der Waals surface area contributed by atoms with Crippen molar-refractivity contribution in [2.45, 2.75) is 150 Å². The van der Waals surface area contributed by atoms with Gasteiger partial charge in [0.05, 0.1) is 0 Å². The summed E-state index contributed by atoms with van der Waals surface area (Å²) in [5, 5.41) is 3.05. The lowest BCUT2D eigenvalue weighted by Gasteiger charge is -2.34. The van der Waals surface area contributed by atoms with Crippen molar-refractivity contribution in [2.75, 3.05) is 26.2 Å². The molecule has 7 rings (SSSR count). The van der Waals surface area contributed by atoms with E-state index >= 15 is 0 Å². The van der Waals surface area contributed by atoms with Gasteiger partial charge in [0.2, 0.25) is 5.91 Å². The number of rotatable bonds is 6. The van der Waals surface area contributed by atoms with Gasteiger partial charge in [0, 0.05) is 87.2 Å². The number of benzene rings is 1. The lowest BCUT2D eigenvalue weighted by Crippen LogP contribution is -2.40. The fourth-order valence-corrected chi connectivity index (χ4v) is 8.31. The van der Waals surface area contributed by atoms with Crippen LogP contribution in [-0.4, -0.2) is 75.9 Å². The van der Waals surface area contributed by atoms with Crippen LogP contribution in [0.5, 0.6) is 5.75 Å². The lowest BCUT2D eigenvalue weighted by molar-refractivity contribution is -0.131. The van der Waals surface area contributed by atoms with Gasteiger partial charge in [-0.3, -0.25) is 24.5 Å². The molecule has 0 unspecified atom stereocenters. The average Bonchev–Trinajstić information content (AvgIpc) is 3.87. The van der Waals surface area contributed by atoms with Gasteiger partial charge in [0.15, 0.2) is 0 Å². The van der Waals surface area contributed by atoms with E-state index in [1.165, 1.54) is 89.2 Å². The minimum Gasteiger partial charge on any atom is -0.427 e. The largest absolute Gasteiger partial charge is 0.427 e. The second-order valence-electron chi connectivity index (χ2n) is 15.0. The maximum atomic E-state index is 11.1. The maximum absolute atomic E-state index is 11.1. The predicted molar refractivity (Wildman–Crippen MR) is 223 cm³/mol. The Morgan fingerprint density at radius 3 is 1.54 bits per heavy atom. The van der Waals surface area contributed by atoms with Crippen LogP contribution in [0.3, 0.4) is 0 Å². The number of aromatic nitrogens is 2. The summed E-state index contributed by atoms with van der Waals surface area (Å²) in [5.74, 6) is 2.68. The maximum Gasteiger partial charge on any atom is 0.308 e. The van der Waals surface area contributed by atoms with E-state index in [9.17, 15) is 9.59 Å². The van der Waals surface area contributed by atoms with Gasteiger partial charge in [-0.05, 0) is 120 Å². The first-order chi connectivity index (χ1) is 26.2. The molecule has 1 amide bonds. The van der Waals surface area contributed by atoms with Crippen LogP contribution in [0, 0.1) is 12.8 Å². The Labute approximate surface area is 327 Å². The Bertz CT molecular complexity index is 1440. The molecule has 0 spiro atoms. The smallest absolute Gasteiger partial charge is 0.308 e. The Kier molecular flexibility index (Phi) is 20.5. The van der Waals surface area contributed by atoms with E-state index in [1.807, 2.05) is 71.3 Å². The zero-order valence-electron chi connectivity index (χ0n) is 34.8. The summed E-state index contributed by atoms with van der Waals surface area (Å²) in [6.45, 7) is 20.2. The van der Waals surface area contributed by atoms with E-state index in [-0.39, 0.29) is 11.9 Å². The zero-order chi connectivity index (χ0) is 39.3. The van der Waals surface area contributed by atoms with Crippen LogP contribution >= 0.6 is 0 Å². The summed E-state index contributed by atoms with van der Waals surface area (Å²) < 4.78 is 4.83. The summed E-state index contributed by atoms with van der Waals surface area (Å²) in [6.07, 6.45) is 16.7. The van der Waals surface area contributed by atoms with Crippen LogP contribution in [0.15, 0.2) is 73.1 Å². The van der Waals surface area contributed by atoms with Crippen molar-refractivity contribution in [3.8, 4) is 5.75 Å². The van der Waals surface area contributed by atoms with E-state index in [0.29, 0.717) is 29.7 Å². The van der Waals surface area contributed by atoms with Gasteiger partial charge in [-0.2, -0.15) is 0 Å². The number of likely N-dealkylation sites (tertiary alicyclic amines) is 2. The number of esters is 1. The molecule has 4 heterocycles. The van der Waals surface area contributed by atoms with Crippen molar-refractivity contribution >= 4 is 11.9 Å². The van der Waals surface area contributed by atoms with Crippen LogP contribution in [0.2, 0.25) is 0 Å². The minimum atomic E-state index is -0.283. The highest BCUT2D eigenvalue weighted by molar-refractivity contribution is 5.73. The van der Waals surface area contributed by atoms with Gasteiger partial charge in [0.25, 0.3) is 0 Å². The molecule has 2 aromatic heterocycles. The van der Waals surface area contributed by atoms with Gasteiger partial charge in [-0.1, -0.05) is 64.4 Å². The zero-order valence-corrected chi connectivity index (χ0v) is 34.8. The van der Waals surface area contributed by atoms with Gasteiger partial charge in [-0.25, -0.2) is 0 Å². The normalized spacial score (nSPS) is 25.1. The molecular formula is C46H71N5O3. The minimum absolute atomic E-state index is 0.0979. The third-order valence-corrected chi connectivity index (χ3v) is 11.0. The Hall–Kier alpha value is -3.62. The van der Waals surface area contributed by atoms with Crippen LogP contribution in [0.25, 0.3) is 0 Å². The third kappa shape index (κ3) is 15.3.